The van der Waals surface area contributed by atoms with Crippen LogP contribution in [0.25, 0.3) is 0 Å². The molecule has 2 fully saturated rings. The number of likely N-dealkylation sites (N-methyl/N-ethyl adjacent to an activating group) is 1. The quantitative estimate of drug-likeness (QED) is 0.715. The second kappa shape index (κ2) is 4.61. The Balaban J connectivity index is 1.83. The second-order valence-corrected chi connectivity index (χ2v) is 5.43. The molecule has 0 aromatic rings. The molecule has 1 heterocycles. The highest BCUT2D eigenvalue weighted by atomic mass is 16.5. The molecule has 4 nitrogen and oxygen atoms in total. The average molecular weight is 229 g/mol. The van der Waals surface area contributed by atoms with Crippen molar-refractivity contribution in [3.63, 3.8) is 0 Å². The van der Waals surface area contributed by atoms with Gasteiger partial charge in [0.2, 0.25) is 0 Å². The molecular weight excluding hydrogens is 206 g/mol. The molecular formula is C12H23NO3. The van der Waals surface area contributed by atoms with Gasteiger partial charge in [-0.3, -0.25) is 4.90 Å². The maximum Gasteiger partial charge on any atom is 0.0695 e. The van der Waals surface area contributed by atoms with Crippen LogP contribution in [0.3, 0.4) is 0 Å². The highest BCUT2D eigenvalue weighted by molar-refractivity contribution is 4.94. The summed E-state index contributed by atoms with van der Waals surface area (Å²) >= 11 is 0. The first-order chi connectivity index (χ1) is 7.60. The summed E-state index contributed by atoms with van der Waals surface area (Å²) in [7, 11) is 2.02. The van der Waals surface area contributed by atoms with Crippen molar-refractivity contribution in [1.29, 1.82) is 0 Å². The third-order valence-electron chi connectivity index (χ3n) is 4.38. The van der Waals surface area contributed by atoms with Crippen LogP contribution in [0.1, 0.15) is 32.1 Å². The lowest BCUT2D eigenvalue weighted by Gasteiger charge is -2.41. The van der Waals surface area contributed by atoms with E-state index in [4.69, 9.17) is 4.74 Å². The van der Waals surface area contributed by atoms with E-state index < -0.39 is 5.60 Å². The lowest BCUT2D eigenvalue weighted by molar-refractivity contribution is -0.0559. The molecule has 0 aromatic carbocycles. The fourth-order valence-electron chi connectivity index (χ4n) is 2.59. The summed E-state index contributed by atoms with van der Waals surface area (Å²) < 4.78 is 5.38. The summed E-state index contributed by atoms with van der Waals surface area (Å²) in [5, 5.41) is 19.5. The first-order valence-electron chi connectivity index (χ1n) is 6.23. The van der Waals surface area contributed by atoms with Gasteiger partial charge in [-0.05, 0) is 39.2 Å². The lowest BCUT2D eigenvalue weighted by atomic mass is 9.77. The molecule has 1 unspecified atom stereocenters. The molecule has 1 saturated heterocycles. The van der Waals surface area contributed by atoms with Gasteiger partial charge in [-0.15, -0.1) is 0 Å². The number of hydrogen-bond donors (Lipinski definition) is 2. The van der Waals surface area contributed by atoms with Crippen molar-refractivity contribution >= 4 is 0 Å². The van der Waals surface area contributed by atoms with Crippen LogP contribution in [-0.2, 0) is 4.74 Å². The first kappa shape index (κ1) is 12.3. The van der Waals surface area contributed by atoms with Crippen molar-refractivity contribution in [3.05, 3.63) is 0 Å². The zero-order valence-electron chi connectivity index (χ0n) is 10.1. The van der Waals surface area contributed by atoms with E-state index in [-0.39, 0.29) is 12.1 Å². The maximum atomic E-state index is 10.0. The summed E-state index contributed by atoms with van der Waals surface area (Å²) in [5.74, 6) is 0. The van der Waals surface area contributed by atoms with Crippen LogP contribution in [0, 0.1) is 0 Å². The summed E-state index contributed by atoms with van der Waals surface area (Å²) in [6, 6.07) is 0. The third-order valence-corrected chi connectivity index (χ3v) is 4.38. The molecule has 0 spiro atoms. The Kier molecular flexibility index (Phi) is 3.54. The van der Waals surface area contributed by atoms with Crippen molar-refractivity contribution in [3.8, 4) is 0 Å². The normalized spacial score (nSPS) is 33.0. The molecule has 2 rings (SSSR count). The molecule has 0 radical (unpaired) electrons. The molecule has 1 saturated carbocycles. The molecule has 1 atom stereocenters. The van der Waals surface area contributed by atoms with Crippen molar-refractivity contribution in [1.82, 2.24) is 4.90 Å². The predicted molar refractivity (Wildman–Crippen MR) is 61.3 cm³/mol. The molecule has 1 aliphatic carbocycles. The van der Waals surface area contributed by atoms with Gasteiger partial charge in [0.05, 0.1) is 24.4 Å². The number of aliphatic hydroxyl groups is 2. The summed E-state index contributed by atoms with van der Waals surface area (Å²) in [4.78, 5) is 2.16. The highest BCUT2D eigenvalue weighted by Gasteiger charge is 2.40. The van der Waals surface area contributed by atoms with Gasteiger partial charge in [0.25, 0.3) is 0 Å². The van der Waals surface area contributed by atoms with Gasteiger partial charge < -0.3 is 14.9 Å². The minimum Gasteiger partial charge on any atom is -0.394 e. The van der Waals surface area contributed by atoms with E-state index in [9.17, 15) is 10.2 Å². The van der Waals surface area contributed by atoms with E-state index in [1.807, 2.05) is 7.05 Å². The van der Waals surface area contributed by atoms with E-state index in [1.54, 1.807) is 0 Å². The van der Waals surface area contributed by atoms with Gasteiger partial charge in [-0.2, -0.15) is 0 Å². The Labute approximate surface area is 97.2 Å². The standard InChI is InChI=1S/C12H23NO3/c1-13(7-5-12(15)3-2-4-12)11(9-14)6-8-16-10-11/h14-15H,2-10H2,1H3. The number of nitrogens with zero attached hydrogens (tertiary/aromatic N) is 1. The number of hydrogen-bond acceptors (Lipinski definition) is 4. The average Bonchev–Trinajstić information content (AvgIpc) is 2.73. The molecule has 2 N–H and O–H groups in total. The van der Waals surface area contributed by atoms with Crippen LogP contribution < -0.4 is 0 Å². The van der Waals surface area contributed by atoms with Crippen LogP contribution >= 0.6 is 0 Å². The monoisotopic (exact) mass is 229 g/mol. The molecule has 0 bridgehead atoms. The maximum absolute atomic E-state index is 10.0. The van der Waals surface area contributed by atoms with E-state index in [1.165, 1.54) is 0 Å². The molecule has 1 aliphatic heterocycles. The van der Waals surface area contributed by atoms with Crippen LogP contribution in [0.5, 0.6) is 0 Å². The highest BCUT2D eigenvalue weighted by Crippen LogP contribution is 2.35. The van der Waals surface area contributed by atoms with E-state index in [0.29, 0.717) is 6.61 Å². The lowest BCUT2D eigenvalue weighted by Crippen LogP contribution is -2.52. The zero-order chi connectivity index (χ0) is 11.6. The summed E-state index contributed by atoms with van der Waals surface area (Å²) in [6.07, 6.45) is 4.71. The van der Waals surface area contributed by atoms with Gasteiger partial charge in [0.1, 0.15) is 0 Å². The van der Waals surface area contributed by atoms with Gasteiger partial charge in [-0.25, -0.2) is 0 Å². The largest absolute Gasteiger partial charge is 0.394 e. The number of ether oxygens (including phenoxy) is 1. The van der Waals surface area contributed by atoms with Crippen LogP contribution in [0.2, 0.25) is 0 Å². The molecule has 4 heteroatoms. The van der Waals surface area contributed by atoms with Gasteiger partial charge in [0, 0.05) is 13.2 Å². The molecule has 2 aliphatic rings. The van der Waals surface area contributed by atoms with Crippen molar-refractivity contribution in [2.45, 2.75) is 43.2 Å². The van der Waals surface area contributed by atoms with Crippen molar-refractivity contribution in [2.75, 3.05) is 33.4 Å². The molecule has 16 heavy (non-hydrogen) atoms. The summed E-state index contributed by atoms with van der Waals surface area (Å²) in [6.45, 7) is 2.32. The van der Waals surface area contributed by atoms with Gasteiger partial charge in [-0.1, -0.05) is 0 Å². The first-order valence-corrected chi connectivity index (χ1v) is 6.23. The minimum atomic E-state index is -0.426. The Morgan fingerprint density at radius 1 is 1.31 bits per heavy atom. The Morgan fingerprint density at radius 2 is 2.06 bits per heavy atom. The smallest absolute Gasteiger partial charge is 0.0695 e. The van der Waals surface area contributed by atoms with E-state index >= 15 is 0 Å². The van der Waals surface area contributed by atoms with Gasteiger partial charge >= 0.3 is 0 Å². The fourth-order valence-corrected chi connectivity index (χ4v) is 2.59. The van der Waals surface area contributed by atoms with Crippen molar-refractivity contribution < 1.29 is 14.9 Å². The zero-order valence-corrected chi connectivity index (χ0v) is 10.1. The number of rotatable bonds is 5. The Hall–Kier alpha value is -0.160. The van der Waals surface area contributed by atoms with Crippen LogP contribution in [-0.4, -0.2) is 59.7 Å². The Bertz CT molecular complexity index is 234. The van der Waals surface area contributed by atoms with Crippen molar-refractivity contribution in [2.24, 2.45) is 0 Å². The fraction of sp³-hybridized carbons (Fsp3) is 1.00. The molecule has 94 valence electrons. The van der Waals surface area contributed by atoms with Crippen LogP contribution in [0.4, 0.5) is 0 Å². The predicted octanol–water partition coefficient (Wildman–Crippen LogP) is 0.375. The van der Waals surface area contributed by atoms with Gasteiger partial charge in [0.15, 0.2) is 0 Å². The second-order valence-electron chi connectivity index (χ2n) is 5.43. The summed E-state index contributed by atoms with van der Waals surface area (Å²) in [5.41, 5.74) is -0.634. The topological polar surface area (TPSA) is 52.9 Å². The SMILES string of the molecule is CN(CCC1(O)CCC1)C1(CO)CCOC1. The third kappa shape index (κ3) is 2.25. The van der Waals surface area contributed by atoms with E-state index in [0.717, 1.165) is 45.3 Å². The van der Waals surface area contributed by atoms with Crippen LogP contribution in [0.15, 0.2) is 0 Å². The number of aliphatic hydroxyl groups excluding tert-OH is 1. The molecule has 0 aromatic heterocycles. The molecule has 0 amide bonds. The Morgan fingerprint density at radius 3 is 2.50 bits per heavy atom. The van der Waals surface area contributed by atoms with E-state index in [2.05, 4.69) is 4.90 Å². The minimum absolute atomic E-state index is 0.141.